The molecule has 1 atom stereocenters. The number of rotatable bonds is 9. The first-order valence-corrected chi connectivity index (χ1v) is 8.03. The molecule has 0 saturated heterocycles. The molecule has 1 unspecified atom stereocenters. The van der Waals surface area contributed by atoms with Crippen LogP contribution >= 0.6 is 11.8 Å². The highest BCUT2D eigenvalue weighted by Gasteiger charge is 2.12. The van der Waals surface area contributed by atoms with E-state index < -0.39 is 0 Å². The molecule has 108 valence electrons. The minimum atomic E-state index is 0.398. The van der Waals surface area contributed by atoms with Crippen molar-refractivity contribution in [1.82, 2.24) is 9.97 Å². The van der Waals surface area contributed by atoms with Gasteiger partial charge in [0.25, 0.3) is 0 Å². The molecule has 1 aromatic heterocycles. The summed E-state index contributed by atoms with van der Waals surface area (Å²) >= 11 is 1.96. The SMILES string of the molecule is CCCc1c(NN)ncnc1NC(C)CCSCC. The fourth-order valence-corrected chi connectivity index (χ4v) is 2.67. The molecule has 1 aromatic rings. The van der Waals surface area contributed by atoms with Crippen molar-refractivity contribution in [2.24, 2.45) is 5.84 Å². The van der Waals surface area contributed by atoms with Gasteiger partial charge in [-0.25, -0.2) is 15.8 Å². The number of anilines is 2. The standard InChI is InChI=1S/C13H25N5S/c1-4-6-11-12(15-9-16-13(11)18-14)17-10(3)7-8-19-5-2/h9-10H,4-8,14H2,1-3H3,(H2,15,16,17,18). The number of nitrogens with two attached hydrogens (primary N) is 1. The third kappa shape index (κ3) is 5.24. The summed E-state index contributed by atoms with van der Waals surface area (Å²) in [5.74, 6) is 9.46. The third-order valence-corrected chi connectivity index (χ3v) is 3.80. The molecule has 4 N–H and O–H groups in total. The summed E-state index contributed by atoms with van der Waals surface area (Å²) in [5.41, 5.74) is 3.72. The lowest BCUT2D eigenvalue weighted by Gasteiger charge is -2.18. The van der Waals surface area contributed by atoms with Crippen LogP contribution in [0.3, 0.4) is 0 Å². The van der Waals surface area contributed by atoms with Gasteiger partial charge in [-0.3, -0.25) is 0 Å². The van der Waals surface area contributed by atoms with Crippen LogP contribution < -0.4 is 16.6 Å². The Balaban J connectivity index is 2.70. The van der Waals surface area contributed by atoms with E-state index in [2.05, 4.69) is 41.5 Å². The lowest BCUT2D eigenvalue weighted by atomic mass is 10.1. The molecular formula is C13H25N5S. The Kier molecular flexibility index (Phi) is 7.59. The number of nitrogens with one attached hydrogen (secondary N) is 2. The molecular weight excluding hydrogens is 258 g/mol. The minimum Gasteiger partial charge on any atom is -0.367 e. The molecule has 0 saturated carbocycles. The fourth-order valence-electron chi connectivity index (χ4n) is 1.86. The minimum absolute atomic E-state index is 0.398. The van der Waals surface area contributed by atoms with Gasteiger partial charge in [0, 0.05) is 11.6 Å². The Labute approximate surface area is 120 Å². The second-order valence-electron chi connectivity index (χ2n) is 4.47. The van der Waals surface area contributed by atoms with E-state index in [-0.39, 0.29) is 0 Å². The zero-order chi connectivity index (χ0) is 14.1. The lowest BCUT2D eigenvalue weighted by Crippen LogP contribution is -2.20. The van der Waals surface area contributed by atoms with Gasteiger partial charge in [0.1, 0.15) is 18.0 Å². The summed E-state index contributed by atoms with van der Waals surface area (Å²) in [5, 5.41) is 3.47. The van der Waals surface area contributed by atoms with E-state index in [4.69, 9.17) is 5.84 Å². The molecule has 19 heavy (non-hydrogen) atoms. The maximum atomic E-state index is 5.51. The van der Waals surface area contributed by atoms with Crippen molar-refractivity contribution in [2.75, 3.05) is 22.2 Å². The molecule has 0 bridgehead atoms. The monoisotopic (exact) mass is 283 g/mol. The molecule has 0 spiro atoms. The predicted molar refractivity (Wildman–Crippen MR) is 84.5 cm³/mol. The van der Waals surface area contributed by atoms with E-state index in [1.54, 1.807) is 6.33 Å². The average Bonchev–Trinajstić information content (AvgIpc) is 2.41. The van der Waals surface area contributed by atoms with Gasteiger partial charge < -0.3 is 10.7 Å². The highest BCUT2D eigenvalue weighted by atomic mass is 32.2. The molecule has 1 rings (SSSR count). The van der Waals surface area contributed by atoms with Gasteiger partial charge >= 0.3 is 0 Å². The van der Waals surface area contributed by atoms with Crippen molar-refractivity contribution in [3.8, 4) is 0 Å². The highest BCUT2D eigenvalue weighted by Crippen LogP contribution is 2.22. The zero-order valence-electron chi connectivity index (χ0n) is 12.1. The molecule has 0 amide bonds. The van der Waals surface area contributed by atoms with Crippen molar-refractivity contribution in [1.29, 1.82) is 0 Å². The Bertz CT molecular complexity index is 372. The average molecular weight is 283 g/mol. The zero-order valence-corrected chi connectivity index (χ0v) is 12.9. The second kappa shape index (κ2) is 8.98. The molecule has 0 aliphatic rings. The molecule has 1 heterocycles. The first-order chi connectivity index (χ1) is 9.22. The van der Waals surface area contributed by atoms with E-state index in [0.29, 0.717) is 6.04 Å². The van der Waals surface area contributed by atoms with Crippen LogP contribution in [0.25, 0.3) is 0 Å². The predicted octanol–water partition coefficient (Wildman–Crippen LogP) is 2.66. The van der Waals surface area contributed by atoms with Gasteiger partial charge in [-0.1, -0.05) is 20.3 Å². The Morgan fingerprint density at radius 1 is 1.32 bits per heavy atom. The first-order valence-electron chi connectivity index (χ1n) is 6.87. The number of nitrogen functional groups attached to an aromatic ring is 1. The van der Waals surface area contributed by atoms with Gasteiger partial charge in [-0.2, -0.15) is 11.8 Å². The van der Waals surface area contributed by atoms with E-state index >= 15 is 0 Å². The number of thioether (sulfide) groups is 1. The molecule has 5 nitrogen and oxygen atoms in total. The van der Waals surface area contributed by atoms with Crippen LogP contribution in [0, 0.1) is 0 Å². The summed E-state index contributed by atoms with van der Waals surface area (Å²) in [7, 11) is 0. The molecule has 0 aromatic carbocycles. The topological polar surface area (TPSA) is 75.9 Å². The van der Waals surface area contributed by atoms with Crippen LogP contribution in [-0.2, 0) is 6.42 Å². The maximum absolute atomic E-state index is 5.51. The van der Waals surface area contributed by atoms with E-state index in [0.717, 1.165) is 36.5 Å². The fraction of sp³-hybridized carbons (Fsp3) is 0.692. The largest absolute Gasteiger partial charge is 0.367 e. The van der Waals surface area contributed by atoms with Gasteiger partial charge in [-0.05, 0) is 31.3 Å². The van der Waals surface area contributed by atoms with Crippen LogP contribution in [0.1, 0.15) is 39.2 Å². The summed E-state index contributed by atoms with van der Waals surface area (Å²) in [6.07, 6.45) is 4.62. The quantitative estimate of drug-likeness (QED) is 0.367. The van der Waals surface area contributed by atoms with Crippen molar-refractivity contribution in [2.45, 2.75) is 46.1 Å². The van der Waals surface area contributed by atoms with Crippen molar-refractivity contribution >= 4 is 23.4 Å². The number of nitrogens with zero attached hydrogens (tertiary/aromatic N) is 2. The number of aromatic nitrogens is 2. The first kappa shape index (κ1) is 16.0. The Morgan fingerprint density at radius 3 is 2.68 bits per heavy atom. The number of hydrazine groups is 1. The van der Waals surface area contributed by atoms with Crippen LogP contribution in [-0.4, -0.2) is 27.5 Å². The number of hydrogen-bond donors (Lipinski definition) is 3. The molecule has 6 heteroatoms. The smallest absolute Gasteiger partial charge is 0.148 e. The summed E-state index contributed by atoms with van der Waals surface area (Å²) in [6.45, 7) is 6.51. The summed E-state index contributed by atoms with van der Waals surface area (Å²) in [6, 6.07) is 0.398. The number of hydrogen-bond acceptors (Lipinski definition) is 6. The third-order valence-electron chi connectivity index (χ3n) is 2.86. The van der Waals surface area contributed by atoms with Crippen LogP contribution in [0.2, 0.25) is 0 Å². The maximum Gasteiger partial charge on any atom is 0.148 e. The van der Waals surface area contributed by atoms with Gasteiger partial charge in [0.2, 0.25) is 0 Å². The van der Waals surface area contributed by atoms with E-state index in [1.165, 1.54) is 11.5 Å². The molecule has 0 radical (unpaired) electrons. The Morgan fingerprint density at radius 2 is 2.05 bits per heavy atom. The van der Waals surface area contributed by atoms with Crippen LogP contribution in [0.4, 0.5) is 11.6 Å². The second-order valence-corrected chi connectivity index (χ2v) is 5.87. The molecule has 0 fully saturated rings. The Hall–Kier alpha value is -1.01. The highest BCUT2D eigenvalue weighted by molar-refractivity contribution is 7.99. The van der Waals surface area contributed by atoms with Gasteiger partial charge in [-0.15, -0.1) is 0 Å². The van der Waals surface area contributed by atoms with Crippen molar-refractivity contribution in [3.05, 3.63) is 11.9 Å². The molecule has 0 aliphatic carbocycles. The summed E-state index contributed by atoms with van der Waals surface area (Å²) in [4.78, 5) is 8.52. The lowest BCUT2D eigenvalue weighted by molar-refractivity contribution is 0.760. The van der Waals surface area contributed by atoms with Crippen LogP contribution in [0.15, 0.2) is 6.33 Å². The van der Waals surface area contributed by atoms with Gasteiger partial charge in [0.15, 0.2) is 0 Å². The van der Waals surface area contributed by atoms with E-state index in [9.17, 15) is 0 Å². The molecule has 0 aliphatic heterocycles. The van der Waals surface area contributed by atoms with Gasteiger partial charge in [0.05, 0.1) is 0 Å². The summed E-state index contributed by atoms with van der Waals surface area (Å²) < 4.78 is 0. The normalized spacial score (nSPS) is 12.2. The van der Waals surface area contributed by atoms with Crippen LogP contribution in [0.5, 0.6) is 0 Å². The van der Waals surface area contributed by atoms with E-state index in [1.807, 2.05) is 11.8 Å². The van der Waals surface area contributed by atoms with Crippen molar-refractivity contribution < 1.29 is 0 Å². The van der Waals surface area contributed by atoms with Crippen molar-refractivity contribution in [3.63, 3.8) is 0 Å².